The second-order valence-corrected chi connectivity index (χ2v) is 5.57. The normalized spacial score (nSPS) is 13.5. The molecule has 2 aromatic rings. The Balaban J connectivity index is 1.61. The summed E-state index contributed by atoms with van der Waals surface area (Å²) < 4.78 is 5.14. The number of rotatable bonds is 5. The molecule has 22 heavy (non-hydrogen) atoms. The molecule has 3 rings (SSSR count). The highest BCUT2D eigenvalue weighted by molar-refractivity contribution is 5.32. The van der Waals surface area contributed by atoms with Crippen LogP contribution < -0.4 is 15.6 Å². The molecule has 0 radical (unpaired) electrons. The van der Waals surface area contributed by atoms with E-state index in [-0.39, 0.29) is 5.56 Å². The maximum absolute atomic E-state index is 12.0. The summed E-state index contributed by atoms with van der Waals surface area (Å²) in [6.45, 7) is 0.730. The van der Waals surface area contributed by atoms with E-state index in [9.17, 15) is 4.79 Å². The van der Waals surface area contributed by atoms with E-state index in [1.807, 2.05) is 24.3 Å². The fourth-order valence-electron chi connectivity index (χ4n) is 2.80. The highest BCUT2D eigenvalue weighted by Crippen LogP contribution is 2.16. The lowest BCUT2D eigenvalue weighted by Crippen LogP contribution is -2.23. The zero-order chi connectivity index (χ0) is 15.4. The van der Waals surface area contributed by atoms with Crippen molar-refractivity contribution in [3.63, 3.8) is 0 Å². The van der Waals surface area contributed by atoms with Crippen molar-refractivity contribution in [1.82, 2.24) is 9.97 Å². The van der Waals surface area contributed by atoms with Gasteiger partial charge >= 0.3 is 0 Å². The summed E-state index contributed by atoms with van der Waals surface area (Å²) in [4.78, 5) is 19.4. The molecule has 2 N–H and O–H groups in total. The molecule has 1 heterocycles. The van der Waals surface area contributed by atoms with Crippen LogP contribution in [0.25, 0.3) is 0 Å². The Morgan fingerprint density at radius 1 is 1.23 bits per heavy atom. The minimum absolute atomic E-state index is 0.0108. The quantitative estimate of drug-likeness (QED) is 0.889. The van der Waals surface area contributed by atoms with Crippen LogP contribution in [-0.4, -0.2) is 23.6 Å². The standard InChI is InChI=1S/C17H21N3O2/c1-22-13-8-6-12(7-9-13)10-11-18-17-19-15-5-3-2-4-14(15)16(21)20-17/h6-9H,2-5,10-11H2,1H3,(H2,18,19,20,21). The monoisotopic (exact) mass is 299 g/mol. The zero-order valence-electron chi connectivity index (χ0n) is 12.8. The number of aromatic amines is 1. The Hall–Kier alpha value is -2.30. The molecule has 0 unspecified atom stereocenters. The van der Waals surface area contributed by atoms with Crippen LogP contribution in [0.4, 0.5) is 5.95 Å². The number of H-pyrrole nitrogens is 1. The zero-order valence-corrected chi connectivity index (χ0v) is 12.8. The average molecular weight is 299 g/mol. The van der Waals surface area contributed by atoms with Crippen molar-refractivity contribution >= 4 is 5.95 Å². The molecule has 0 fully saturated rings. The van der Waals surface area contributed by atoms with Crippen molar-refractivity contribution in [2.75, 3.05) is 19.0 Å². The van der Waals surface area contributed by atoms with Gasteiger partial charge in [0.25, 0.3) is 5.56 Å². The smallest absolute Gasteiger partial charge is 0.255 e. The maximum atomic E-state index is 12.0. The van der Waals surface area contributed by atoms with Gasteiger partial charge in [-0.25, -0.2) is 4.98 Å². The minimum atomic E-state index is 0.0108. The van der Waals surface area contributed by atoms with Crippen molar-refractivity contribution in [2.24, 2.45) is 0 Å². The minimum Gasteiger partial charge on any atom is -0.497 e. The van der Waals surface area contributed by atoms with Gasteiger partial charge in [-0.15, -0.1) is 0 Å². The molecule has 0 bridgehead atoms. The molecule has 0 spiro atoms. The highest BCUT2D eigenvalue weighted by atomic mass is 16.5. The van der Waals surface area contributed by atoms with Gasteiger partial charge in [-0.3, -0.25) is 9.78 Å². The lowest BCUT2D eigenvalue weighted by atomic mass is 9.97. The molecule has 1 aromatic heterocycles. The Bertz CT molecular complexity index is 692. The number of fused-ring (bicyclic) bond motifs is 1. The number of nitrogens with one attached hydrogen (secondary N) is 2. The predicted octanol–water partition coefficient (Wildman–Crippen LogP) is 2.31. The van der Waals surface area contributed by atoms with E-state index in [1.54, 1.807) is 7.11 Å². The summed E-state index contributed by atoms with van der Waals surface area (Å²) in [6, 6.07) is 8.00. The summed E-state index contributed by atoms with van der Waals surface area (Å²) in [7, 11) is 1.66. The molecule has 1 aromatic carbocycles. The number of anilines is 1. The van der Waals surface area contributed by atoms with Gasteiger partial charge in [0.15, 0.2) is 0 Å². The van der Waals surface area contributed by atoms with E-state index >= 15 is 0 Å². The highest BCUT2D eigenvalue weighted by Gasteiger charge is 2.15. The van der Waals surface area contributed by atoms with E-state index < -0.39 is 0 Å². The molecular formula is C17H21N3O2. The number of aromatic nitrogens is 2. The molecule has 0 amide bonds. The number of methoxy groups -OCH3 is 1. The summed E-state index contributed by atoms with van der Waals surface area (Å²) in [5.74, 6) is 1.44. The van der Waals surface area contributed by atoms with Crippen LogP contribution in [0.15, 0.2) is 29.1 Å². The number of hydrogen-bond donors (Lipinski definition) is 2. The summed E-state index contributed by atoms with van der Waals surface area (Å²) in [5.41, 5.74) is 3.05. The average Bonchev–Trinajstić information content (AvgIpc) is 2.56. The van der Waals surface area contributed by atoms with E-state index in [1.165, 1.54) is 5.56 Å². The van der Waals surface area contributed by atoms with Crippen LogP contribution in [0.2, 0.25) is 0 Å². The van der Waals surface area contributed by atoms with Gasteiger partial charge in [0.1, 0.15) is 5.75 Å². The fourth-order valence-corrected chi connectivity index (χ4v) is 2.80. The lowest BCUT2D eigenvalue weighted by molar-refractivity contribution is 0.414. The molecule has 0 saturated heterocycles. The summed E-state index contributed by atoms with van der Waals surface area (Å²) in [5, 5.41) is 3.21. The first-order valence-electron chi connectivity index (χ1n) is 7.75. The second kappa shape index (κ2) is 6.64. The van der Waals surface area contributed by atoms with Gasteiger partial charge < -0.3 is 10.1 Å². The molecule has 0 atom stereocenters. The van der Waals surface area contributed by atoms with E-state index in [0.717, 1.165) is 55.7 Å². The van der Waals surface area contributed by atoms with Gasteiger partial charge in [0.2, 0.25) is 5.95 Å². The van der Waals surface area contributed by atoms with Crippen molar-refractivity contribution < 1.29 is 4.74 Å². The molecule has 0 aliphatic heterocycles. The first kappa shape index (κ1) is 14.6. The first-order chi connectivity index (χ1) is 10.8. The molecule has 5 nitrogen and oxygen atoms in total. The van der Waals surface area contributed by atoms with E-state index in [2.05, 4.69) is 15.3 Å². The third kappa shape index (κ3) is 3.30. The van der Waals surface area contributed by atoms with Crippen LogP contribution in [0.3, 0.4) is 0 Å². The molecule has 1 aliphatic rings. The Morgan fingerprint density at radius 2 is 2.00 bits per heavy atom. The van der Waals surface area contributed by atoms with E-state index in [4.69, 9.17) is 4.74 Å². The predicted molar refractivity (Wildman–Crippen MR) is 86.7 cm³/mol. The number of aryl methyl sites for hydroxylation is 1. The topological polar surface area (TPSA) is 67.0 Å². The number of nitrogens with zero attached hydrogens (tertiary/aromatic N) is 1. The fraction of sp³-hybridized carbons (Fsp3) is 0.412. The van der Waals surface area contributed by atoms with Crippen LogP contribution >= 0.6 is 0 Å². The van der Waals surface area contributed by atoms with Crippen molar-refractivity contribution in [2.45, 2.75) is 32.1 Å². The van der Waals surface area contributed by atoms with Crippen molar-refractivity contribution in [1.29, 1.82) is 0 Å². The molecule has 0 saturated carbocycles. The third-order valence-corrected chi connectivity index (χ3v) is 4.06. The largest absolute Gasteiger partial charge is 0.497 e. The third-order valence-electron chi connectivity index (χ3n) is 4.06. The number of benzene rings is 1. The van der Waals surface area contributed by atoms with Gasteiger partial charge in [0, 0.05) is 12.1 Å². The molecule has 116 valence electrons. The van der Waals surface area contributed by atoms with Crippen LogP contribution in [-0.2, 0) is 19.3 Å². The first-order valence-corrected chi connectivity index (χ1v) is 7.75. The van der Waals surface area contributed by atoms with Gasteiger partial charge in [-0.2, -0.15) is 0 Å². The molecule has 5 heteroatoms. The van der Waals surface area contributed by atoms with Crippen molar-refractivity contribution in [3.8, 4) is 5.75 Å². The van der Waals surface area contributed by atoms with Crippen LogP contribution in [0.5, 0.6) is 5.75 Å². The van der Waals surface area contributed by atoms with Crippen LogP contribution in [0, 0.1) is 0 Å². The Kier molecular flexibility index (Phi) is 4.42. The number of ether oxygens (including phenoxy) is 1. The maximum Gasteiger partial charge on any atom is 0.255 e. The SMILES string of the molecule is COc1ccc(CCNc2nc3c(c(=O)[nH]2)CCCC3)cc1. The van der Waals surface area contributed by atoms with Gasteiger partial charge in [-0.1, -0.05) is 12.1 Å². The van der Waals surface area contributed by atoms with Gasteiger partial charge in [-0.05, 0) is 49.8 Å². The molecular weight excluding hydrogens is 278 g/mol. The molecule has 1 aliphatic carbocycles. The lowest BCUT2D eigenvalue weighted by Gasteiger charge is -2.15. The van der Waals surface area contributed by atoms with Crippen molar-refractivity contribution in [3.05, 3.63) is 51.4 Å². The Morgan fingerprint density at radius 3 is 2.77 bits per heavy atom. The van der Waals surface area contributed by atoms with E-state index in [0.29, 0.717) is 5.95 Å². The Labute approximate surface area is 129 Å². The van der Waals surface area contributed by atoms with Gasteiger partial charge in [0.05, 0.1) is 12.8 Å². The number of hydrogen-bond acceptors (Lipinski definition) is 4. The van der Waals surface area contributed by atoms with Crippen LogP contribution in [0.1, 0.15) is 29.7 Å². The summed E-state index contributed by atoms with van der Waals surface area (Å²) in [6.07, 6.45) is 4.83. The summed E-state index contributed by atoms with van der Waals surface area (Å²) >= 11 is 0. The second-order valence-electron chi connectivity index (χ2n) is 5.57.